The van der Waals surface area contributed by atoms with Gasteiger partial charge in [-0.25, -0.2) is 16.8 Å². The van der Waals surface area contributed by atoms with E-state index in [1.807, 2.05) is 11.0 Å². The molecule has 30 heavy (non-hydrogen) atoms. The average Bonchev–Trinajstić information content (AvgIpc) is 2.74. The molecule has 1 aliphatic rings. The van der Waals surface area contributed by atoms with Crippen LogP contribution in [0.2, 0.25) is 0 Å². The molecule has 1 aliphatic heterocycles. The quantitative estimate of drug-likeness (QED) is 0.621. The molecule has 1 heterocycles. The van der Waals surface area contributed by atoms with E-state index in [0.717, 1.165) is 0 Å². The van der Waals surface area contributed by atoms with Gasteiger partial charge in [-0.2, -0.15) is 4.31 Å². The van der Waals surface area contributed by atoms with E-state index in [9.17, 15) is 21.6 Å². The third kappa shape index (κ3) is 5.24. The summed E-state index contributed by atoms with van der Waals surface area (Å²) in [6.45, 7) is 0.951. The minimum Gasteiger partial charge on any atom is -0.336 e. The van der Waals surface area contributed by atoms with Crippen molar-refractivity contribution in [2.24, 2.45) is 0 Å². The summed E-state index contributed by atoms with van der Waals surface area (Å²) in [4.78, 5) is 20.6. The third-order valence-corrected chi connectivity index (χ3v) is 7.84. The van der Waals surface area contributed by atoms with Crippen LogP contribution in [0.4, 0.5) is 0 Å². The molecule has 0 saturated carbocycles. The molecule has 1 saturated heterocycles. The van der Waals surface area contributed by atoms with E-state index in [1.165, 1.54) is 35.7 Å². The van der Waals surface area contributed by atoms with Gasteiger partial charge in [0.25, 0.3) is 15.9 Å². The van der Waals surface area contributed by atoms with E-state index in [0.29, 0.717) is 11.1 Å². The second kappa shape index (κ2) is 9.23. The number of carbonyl (C=O) groups is 1. The second-order valence-electron chi connectivity index (χ2n) is 6.75. The number of hydrogen-bond donors (Lipinski definition) is 1. The predicted octanol–water partition coefficient (Wildman–Crippen LogP) is 0.814. The van der Waals surface area contributed by atoms with Crippen LogP contribution >= 0.6 is 0 Å². The summed E-state index contributed by atoms with van der Waals surface area (Å²) in [7, 11) is -6.08. The normalized spacial score (nSPS) is 15.8. The fraction of sp³-hybridized carbons (Fsp3) is 0.316. The van der Waals surface area contributed by atoms with Gasteiger partial charge in [0, 0.05) is 31.7 Å². The number of nitrogens with one attached hydrogen (secondary N) is 1. The highest BCUT2D eigenvalue weighted by Crippen LogP contribution is 2.17. The summed E-state index contributed by atoms with van der Waals surface area (Å²) in [5, 5.41) is 0. The van der Waals surface area contributed by atoms with Crippen molar-refractivity contribution in [1.29, 1.82) is 0 Å². The highest BCUT2D eigenvalue weighted by atomic mass is 32.2. The van der Waals surface area contributed by atoms with Crippen LogP contribution in [0.25, 0.3) is 0 Å². The molecule has 0 bridgehead atoms. The molecule has 1 fully saturated rings. The fourth-order valence-corrected chi connectivity index (χ4v) is 5.49. The molecule has 3 rings (SSSR count). The number of rotatable bonds is 7. The zero-order valence-electron chi connectivity index (χ0n) is 16.4. The Morgan fingerprint density at radius 3 is 2.10 bits per heavy atom. The van der Waals surface area contributed by atoms with E-state index in [-0.39, 0.29) is 42.7 Å². The van der Waals surface area contributed by atoms with Crippen LogP contribution in [0.5, 0.6) is 0 Å². The average molecular weight is 454 g/mol. The Morgan fingerprint density at radius 1 is 0.933 bits per heavy atom. The molecule has 1 N–H and O–H groups in total. The lowest BCUT2D eigenvalue weighted by atomic mass is 10.2. The lowest BCUT2D eigenvalue weighted by Crippen LogP contribution is -2.50. The van der Waals surface area contributed by atoms with Crippen molar-refractivity contribution in [1.82, 2.24) is 14.1 Å². The summed E-state index contributed by atoms with van der Waals surface area (Å²) >= 11 is 0. The summed E-state index contributed by atoms with van der Waals surface area (Å²) in [6.07, 6.45) is 0. The van der Waals surface area contributed by atoms with Gasteiger partial charge in [0.15, 0.2) is 0 Å². The first-order valence-corrected chi connectivity index (χ1v) is 12.3. The molecular formula is C19H23N3O6S2. The largest absolute Gasteiger partial charge is 0.336 e. The van der Waals surface area contributed by atoms with Gasteiger partial charge < -0.3 is 4.90 Å². The number of carbonyl (C=O) groups excluding carboxylic acids is 1. The van der Waals surface area contributed by atoms with Crippen LogP contribution in [-0.2, 0) is 30.6 Å². The monoisotopic (exact) mass is 453 g/mol. The highest BCUT2D eigenvalue weighted by molar-refractivity contribution is 7.89. The molecule has 0 unspecified atom stereocenters. The van der Waals surface area contributed by atoms with Gasteiger partial charge in [-0.3, -0.25) is 9.63 Å². The van der Waals surface area contributed by atoms with Crippen molar-refractivity contribution in [3.05, 3.63) is 65.7 Å². The van der Waals surface area contributed by atoms with Crippen LogP contribution < -0.4 is 4.89 Å². The molecule has 11 heteroatoms. The molecule has 2 aromatic carbocycles. The second-order valence-corrected chi connectivity index (χ2v) is 10.4. The number of benzene rings is 2. The highest BCUT2D eigenvalue weighted by Gasteiger charge is 2.29. The van der Waals surface area contributed by atoms with Gasteiger partial charge in [-0.15, -0.1) is 0 Å². The predicted molar refractivity (Wildman–Crippen MR) is 110 cm³/mol. The Bertz CT molecular complexity index is 1080. The summed E-state index contributed by atoms with van der Waals surface area (Å²) in [5.74, 6) is -0.355. The maximum Gasteiger partial charge on any atom is 0.262 e. The van der Waals surface area contributed by atoms with Gasteiger partial charge in [0.2, 0.25) is 10.0 Å². The molecule has 1 amide bonds. The fourth-order valence-electron chi connectivity index (χ4n) is 3.16. The SMILES string of the molecule is CONS(=O)(=O)c1ccc(C(=O)N2CCN(S(=O)(=O)Cc3ccccc3)CC2)cc1. The van der Waals surface area contributed by atoms with Gasteiger partial charge >= 0.3 is 0 Å². The number of hydrogen-bond acceptors (Lipinski definition) is 6. The molecule has 0 radical (unpaired) electrons. The lowest BCUT2D eigenvalue weighted by Gasteiger charge is -2.34. The van der Waals surface area contributed by atoms with Crippen molar-refractivity contribution >= 4 is 26.0 Å². The van der Waals surface area contributed by atoms with E-state index in [4.69, 9.17) is 0 Å². The number of amides is 1. The smallest absolute Gasteiger partial charge is 0.262 e. The Balaban J connectivity index is 1.61. The van der Waals surface area contributed by atoms with Gasteiger partial charge in [0.05, 0.1) is 17.8 Å². The van der Waals surface area contributed by atoms with Crippen molar-refractivity contribution < 1.29 is 26.5 Å². The Labute approximate surface area is 176 Å². The molecule has 0 aromatic heterocycles. The maximum atomic E-state index is 12.7. The lowest BCUT2D eigenvalue weighted by molar-refractivity contribution is 0.0697. The van der Waals surface area contributed by atoms with Crippen molar-refractivity contribution in [3.63, 3.8) is 0 Å². The van der Waals surface area contributed by atoms with Crippen molar-refractivity contribution in [2.75, 3.05) is 33.3 Å². The summed E-state index contributed by atoms with van der Waals surface area (Å²) in [6, 6.07) is 14.4. The van der Waals surface area contributed by atoms with Crippen molar-refractivity contribution in [2.45, 2.75) is 10.6 Å². The number of piperazine rings is 1. The van der Waals surface area contributed by atoms with Crippen LogP contribution in [0.3, 0.4) is 0 Å². The molecule has 162 valence electrons. The molecule has 0 atom stereocenters. The Morgan fingerprint density at radius 2 is 1.53 bits per heavy atom. The number of sulfonamides is 2. The molecule has 2 aromatic rings. The van der Waals surface area contributed by atoms with Gasteiger partial charge in [-0.1, -0.05) is 35.2 Å². The van der Waals surface area contributed by atoms with Crippen LogP contribution in [0.1, 0.15) is 15.9 Å². The maximum absolute atomic E-state index is 12.7. The van der Waals surface area contributed by atoms with Crippen molar-refractivity contribution in [3.8, 4) is 0 Å². The molecular weight excluding hydrogens is 430 g/mol. The van der Waals surface area contributed by atoms with Gasteiger partial charge in [0.1, 0.15) is 0 Å². The van der Waals surface area contributed by atoms with Crippen LogP contribution in [-0.4, -0.2) is 65.2 Å². The Hall–Kier alpha value is -2.31. The minimum absolute atomic E-state index is 0.0299. The molecule has 9 nitrogen and oxygen atoms in total. The first-order valence-electron chi connectivity index (χ1n) is 9.19. The summed E-state index contributed by atoms with van der Waals surface area (Å²) in [5.41, 5.74) is 1.04. The topological polar surface area (TPSA) is 113 Å². The van der Waals surface area contributed by atoms with Crippen LogP contribution in [0.15, 0.2) is 59.5 Å². The third-order valence-electron chi connectivity index (χ3n) is 4.72. The van der Waals surface area contributed by atoms with E-state index < -0.39 is 20.0 Å². The zero-order valence-corrected chi connectivity index (χ0v) is 18.0. The minimum atomic E-state index is -3.80. The first kappa shape index (κ1) is 22.4. The van der Waals surface area contributed by atoms with E-state index in [2.05, 4.69) is 4.84 Å². The number of nitrogens with zero attached hydrogens (tertiary/aromatic N) is 2. The van der Waals surface area contributed by atoms with E-state index in [1.54, 1.807) is 29.2 Å². The standard InChI is InChI=1S/C19H23N3O6S2/c1-28-20-30(26,27)18-9-7-17(8-10-18)19(23)21-11-13-22(14-12-21)29(24,25)15-16-5-3-2-4-6-16/h2-10,20H,11-15H2,1H3. The van der Waals surface area contributed by atoms with Gasteiger partial charge in [-0.05, 0) is 29.8 Å². The first-order chi connectivity index (χ1) is 14.2. The summed E-state index contributed by atoms with van der Waals surface area (Å²) < 4.78 is 50.4. The zero-order chi connectivity index (χ0) is 21.8. The Kier molecular flexibility index (Phi) is 6.88. The molecule has 0 spiro atoms. The molecule has 0 aliphatic carbocycles. The van der Waals surface area contributed by atoms with E-state index >= 15 is 0 Å². The van der Waals surface area contributed by atoms with Crippen LogP contribution in [0, 0.1) is 0 Å².